The highest BCUT2D eigenvalue weighted by atomic mass is 16.6. The fraction of sp³-hybridized carbons (Fsp3) is 0.429. The number of carboxylic acid groups (broad SMARTS) is 1. The Morgan fingerprint density at radius 3 is 2.68 bits per heavy atom. The summed E-state index contributed by atoms with van der Waals surface area (Å²) in [7, 11) is 1.94. The average Bonchev–Trinajstić information content (AvgIpc) is 3.16. The maximum atomic E-state index is 12.9. The number of fused-ring (bicyclic) bond motifs is 1. The summed E-state index contributed by atoms with van der Waals surface area (Å²) in [6, 6.07) is 12.2. The predicted octanol–water partition coefficient (Wildman–Crippen LogP) is 3.08. The number of carboxylic acids is 1. The molecule has 2 aromatic rings. The zero-order valence-corrected chi connectivity index (χ0v) is 15.8. The molecule has 4 rings (SSSR count). The van der Waals surface area contributed by atoms with Crippen molar-refractivity contribution in [1.82, 2.24) is 9.80 Å². The lowest BCUT2D eigenvalue weighted by Gasteiger charge is -2.51. The van der Waals surface area contributed by atoms with Crippen molar-refractivity contribution in [2.75, 3.05) is 26.7 Å². The van der Waals surface area contributed by atoms with E-state index in [0.29, 0.717) is 31.7 Å². The van der Waals surface area contributed by atoms with Crippen LogP contribution in [0.15, 0.2) is 46.9 Å². The summed E-state index contributed by atoms with van der Waals surface area (Å²) in [5.41, 5.74) is -0.769. The Hall–Kier alpha value is -2.80. The summed E-state index contributed by atoms with van der Waals surface area (Å²) >= 11 is 0. The zero-order valence-electron chi connectivity index (χ0n) is 15.8. The number of likely N-dealkylation sites (N-methyl/N-ethyl adjacent to an activating group) is 1. The average molecular weight is 384 g/mol. The van der Waals surface area contributed by atoms with Gasteiger partial charge in [-0.1, -0.05) is 18.2 Å². The lowest BCUT2D eigenvalue weighted by molar-refractivity contribution is -0.161. The first kappa shape index (κ1) is 18.6. The lowest BCUT2D eigenvalue weighted by atomic mass is 9.68. The van der Waals surface area contributed by atoms with E-state index in [1.807, 2.05) is 25.2 Å². The van der Waals surface area contributed by atoms with Crippen LogP contribution in [0.2, 0.25) is 0 Å². The van der Waals surface area contributed by atoms with Crippen molar-refractivity contribution in [2.45, 2.75) is 25.3 Å². The normalized spacial score (nSPS) is 25.2. The van der Waals surface area contributed by atoms with Gasteiger partial charge in [0.2, 0.25) is 0 Å². The van der Waals surface area contributed by atoms with E-state index in [1.165, 1.54) is 0 Å². The van der Waals surface area contributed by atoms with Gasteiger partial charge in [0.05, 0.1) is 5.41 Å². The highest BCUT2D eigenvalue weighted by Crippen LogP contribution is 2.42. The van der Waals surface area contributed by atoms with Gasteiger partial charge in [-0.3, -0.25) is 9.59 Å². The first-order valence-electron chi connectivity index (χ1n) is 9.55. The minimum absolute atomic E-state index is 0.188. The minimum atomic E-state index is -0.769. The molecule has 2 aliphatic heterocycles. The van der Waals surface area contributed by atoms with Crippen molar-refractivity contribution in [3.63, 3.8) is 0 Å². The van der Waals surface area contributed by atoms with Crippen LogP contribution in [-0.4, -0.2) is 59.5 Å². The molecule has 1 amide bonds. The molecule has 0 aliphatic carbocycles. The monoisotopic (exact) mass is 384 g/mol. The van der Waals surface area contributed by atoms with Crippen LogP contribution in [0.4, 0.5) is 0 Å². The van der Waals surface area contributed by atoms with Crippen LogP contribution in [0.5, 0.6) is 11.7 Å². The van der Waals surface area contributed by atoms with Crippen LogP contribution in [0, 0.1) is 5.41 Å². The number of hydrogen-bond acceptors (Lipinski definition) is 5. The third-order valence-electron chi connectivity index (χ3n) is 5.99. The van der Waals surface area contributed by atoms with Crippen molar-refractivity contribution in [1.29, 1.82) is 0 Å². The number of aliphatic carboxylic acids is 1. The van der Waals surface area contributed by atoms with Crippen molar-refractivity contribution in [2.24, 2.45) is 5.41 Å². The third kappa shape index (κ3) is 3.26. The highest BCUT2D eigenvalue weighted by molar-refractivity contribution is 5.92. The summed E-state index contributed by atoms with van der Waals surface area (Å²) < 4.78 is 11.2. The van der Waals surface area contributed by atoms with Gasteiger partial charge in [-0.2, -0.15) is 0 Å². The number of para-hydroxylation sites is 1. The second-order valence-corrected chi connectivity index (χ2v) is 7.60. The number of ether oxygens (including phenoxy) is 1. The Morgan fingerprint density at radius 2 is 1.93 bits per heavy atom. The number of furan rings is 1. The third-order valence-corrected chi connectivity index (χ3v) is 5.99. The Labute approximate surface area is 163 Å². The molecule has 2 atom stereocenters. The molecular weight excluding hydrogens is 360 g/mol. The second-order valence-electron chi connectivity index (χ2n) is 7.60. The molecule has 2 saturated heterocycles. The van der Waals surface area contributed by atoms with Crippen LogP contribution in [0.1, 0.15) is 29.8 Å². The molecule has 7 nitrogen and oxygen atoms in total. The summed E-state index contributed by atoms with van der Waals surface area (Å²) in [6.07, 6.45) is 1.98. The molecule has 7 heteroatoms. The van der Waals surface area contributed by atoms with E-state index in [0.717, 1.165) is 13.0 Å². The van der Waals surface area contributed by atoms with E-state index in [1.54, 1.807) is 29.2 Å². The molecule has 2 fully saturated rings. The smallest absolute Gasteiger partial charge is 0.311 e. The van der Waals surface area contributed by atoms with E-state index in [2.05, 4.69) is 4.90 Å². The highest BCUT2D eigenvalue weighted by Gasteiger charge is 2.53. The standard InChI is InChI=1S/C21H24N2O5/c1-22-12-5-10-21(20(25)26)11-13-23(14-17(21)22)19(24)16-8-9-18(28-16)27-15-6-3-2-4-7-15/h2-4,6-9,17H,5,10-14H2,1H3,(H,25,26)/t17-,21+/m1/s1. The van der Waals surface area contributed by atoms with Gasteiger partial charge in [-0.25, -0.2) is 0 Å². The summed E-state index contributed by atoms with van der Waals surface area (Å²) in [6.45, 7) is 1.64. The van der Waals surface area contributed by atoms with Crippen LogP contribution in [0.3, 0.4) is 0 Å². The maximum Gasteiger partial charge on any atom is 0.311 e. The van der Waals surface area contributed by atoms with Gasteiger partial charge in [0.15, 0.2) is 5.76 Å². The fourth-order valence-electron chi connectivity index (χ4n) is 4.42. The molecule has 1 aromatic carbocycles. The minimum Gasteiger partial charge on any atom is -0.481 e. The van der Waals surface area contributed by atoms with Crippen LogP contribution >= 0.6 is 0 Å². The second kappa shape index (κ2) is 7.31. The van der Waals surface area contributed by atoms with E-state index in [-0.39, 0.29) is 23.7 Å². The molecule has 148 valence electrons. The molecule has 1 N–H and O–H groups in total. The number of rotatable bonds is 4. The molecule has 28 heavy (non-hydrogen) atoms. The number of carbonyl (C=O) groups excluding carboxylic acids is 1. The number of piperidine rings is 2. The van der Waals surface area contributed by atoms with Gasteiger partial charge in [0.1, 0.15) is 5.75 Å². The van der Waals surface area contributed by atoms with Crippen LogP contribution in [-0.2, 0) is 4.79 Å². The number of hydrogen-bond donors (Lipinski definition) is 1. The lowest BCUT2D eigenvalue weighted by Crippen LogP contribution is -2.63. The Kier molecular flexibility index (Phi) is 4.85. The zero-order chi connectivity index (χ0) is 19.7. The van der Waals surface area contributed by atoms with Crippen molar-refractivity contribution in [3.8, 4) is 11.7 Å². The van der Waals surface area contributed by atoms with Crippen molar-refractivity contribution < 1.29 is 23.8 Å². The predicted molar refractivity (Wildman–Crippen MR) is 101 cm³/mol. The Bertz CT molecular complexity index is 865. The Morgan fingerprint density at radius 1 is 1.14 bits per heavy atom. The maximum absolute atomic E-state index is 12.9. The topological polar surface area (TPSA) is 83.2 Å². The fourth-order valence-corrected chi connectivity index (χ4v) is 4.42. The first-order chi connectivity index (χ1) is 13.5. The van der Waals surface area contributed by atoms with Gasteiger partial charge in [-0.05, 0) is 51.1 Å². The Balaban J connectivity index is 1.48. The molecule has 2 aliphatic rings. The number of nitrogens with zero attached hydrogens (tertiary/aromatic N) is 2. The summed E-state index contributed by atoms with van der Waals surface area (Å²) in [5.74, 6) is 0.0888. The molecule has 0 unspecified atom stereocenters. The molecular formula is C21H24N2O5. The molecule has 0 spiro atoms. The number of likely N-dealkylation sites (tertiary alicyclic amines) is 2. The van der Waals surface area contributed by atoms with Crippen LogP contribution < -0.4 is 4.74 Å². The molecule has 0 radical (unpaired) electrons. The summed E-state index contributed by atoms with van der Waals surface area (Å²) in [5, 5.41) is 9.86. The molecule has 1 aromatic heterocycles. The molecule has 0 saturated carbocycles. The number of carbonyl (C=O) groups is 2. The quantitative estimate of drug-likeness (QED) is 0.872. The van der Waals surface area contributed by atoms with Crippen LogP contribution in [0.25, 0.3) is 0 Å². The summed E-state index contributed by atoms with van der Waals surface area (Å²) in [4.78, 5) is 28.7. The molecule has 0 bridgehead atoms. The van der Waals surface area contributed by atoms with Gasteiger partial charge in [0, 0.05) is 25.2 Å². The van der Waals surface area contributed by atoms with E-state index in [9.17, 15) is 14.7 Å². The van der Waals surface area contributed by atoms with E-state index in [4.69, 9.17) is 9.15 Å². The van der Waals surface area contributed by atoms with Crippen molar-refractivity contribution >= 4 is 11.9 Å². The van der Waals surface area contributed by atoms with Crippen molar-refractivity contribution in [3.05, 3.63) is 48.2 Å². The number of benzene rings is 1. The van der Waals surface area contributed by atoms with Gasteiger partial charge < -0.3 is 24.1 Å². The van der Waals surface area contributed by atoms with Gasteiger partial charge >= 0.3 is 5.97 Å². The largest absolute Gasteiger partial charge is 0.481 e. The van der Waals surface area contributed by atoms with Gasteiger partial charge in [0.25, 0.3) is 11.9 Å². The molecule has 3 heterocycles. The SMILES string of the molecule is CN1CCC[C@]2(C(=O)O)CCN(C(=O)c3ccc(Oc4ccccc4)o3)C[C@@H]12. The van der Waals surface area contributed by atoms with E-state index >= 15 is 0 Å². The number of amides is 1. The van der Waals surface area contributed by atoms with E-state index < -0.39 is 11.4 Å². The van der Waals surface area contributed by atoms with Gasteiger partial charge in [-0.15, -0.1) is 0 Å². The first-order valence-corrected chi connectivity index (χ1v) is 9.55.